The van der Waals surface area contributed by atoms with Gasteiger partial charge in [-0.15, -0.1) is 0 Å². The third kappa shape index (κ3) is 6.56. The molecule has 2 N–H and O–H groups in total. The van der Waals surface area contributed by atoms with Crippen LogP contribution in [0.4, 0.5) is 21.9 Å². The van der Waals surface area contributed by atoms with E-state index in [0.717, 1.165) is 33.9 Å². The first-order valence-corrected chi connectivity index (χ1v) is 16.0. The van der Waals surface area contributed by atoms with Crippen molar-refractivity contribution < 1.29 is 23.8 Å². The molecule has 0 saturated heterocycles. The van der Waals surface area contributed by atoms with Gasteiger partial charge in [-0.2, -0.15) is 0 Å². The molecule has 2 amide bonds. The van der Waals surface area contributed by atoms with Crippen LogP contribution < -0.4 is 29.9 Å². The number of benzene rings is 3. The van der Waals surface area contributed by atoms with Gasteiger partial charge in [-0.05, 0) is 75.9 Å². The summed E-state index contributed by atoms with van der Waals surface area (Å²) in [6, 6.07) is 21.2. The van der Waals surface area contributed by atoms with Crippen molar-refractivity contribution in [3.63, 3.8) is 0 Å². The summed E-state index contributed by atoms with van der Waals surface area (Å²) < 4.78 is 16.7. The topological polar surface area (TPSA) is 92.4 Å². The lowest BCUT2D eigenvalue weighted by Crippen LogP contribution is -2.45. The van der Waals surface area contributed by atoms with Gasteiger partial charge in [-0.1, -0.05) is 30.3 Å². The highest BCUT2D eigenvalue weighted by Crippen LogP contribution is 2.49. The highest BCUT2D eigenvalue weighted by Gasteiger charge is 2.43. The molecule has 2 aliphatic rings. The van der Waals surface area contributed by atoms with Gasteiger partial charge in [-0.25, -0.2) is 4.79 Å². The Kier molecular flexibility index (Phi) is 10.2. The Labute approximate surface area is 272 Å². The van der Waals surface area contributed by atoms with Crippen LogP contribution in [-0.2, 0) is 9.53 Å². The maximum atomic E-state index is 14.5. The van der Waals surface area contributed by atoms with E-state index in [9.17, 15) is 9.59 Å². The Morgan fingerprint density at radius 3 is 2.33 bits per heavy atom. The van der Waals surface area contributed by atoms with E-state index in [1.165, 1.54) is 0 Å². The van der Waals surface area contributed by atoms with Crippen molar-refractivity contribution in [2.45, 2.75) is 64.6 Å². The maximum Gasteiger partial charge on any atom is 0.322 e. The molecule has 0 bridgehead atoms. The molecule has 9 nitrogen and oxygen atoms in total. The summed E-state index contributed by atoms with van der Waals surface area (Å²) in [7, 11) is 4.88. The normalized spacial score (nSPS) is 17.7. The fourth-order valence-corrected chi connectivity index (χ4v) is 6.84. The summed E-state index contributed by atoms with van der Waals surface area (Å²) in [5.41, 5.74) is 5.61. The van der Waals surface area contributed by atoms with Gasteiger partial charge in [0, 0.05) is 60.7 Å². The van der Waals surface area contributed by atoms with Crippen LogP contribution in [0.15, 0.2) is 78.0 Å². The zero-order chi connectivity index (χ0) is 33.0. The Morgan fingerprint density at radius 2 is 1.67 bits per heavy atom. The molecule has 0 saturated carbocycles. The molecule has 0 aromatic heterocycles. The molecule has 1 heterocycles. The number of nitrogens with zero attached hydrogens (tertiary/aromatic N) is 2. The molecule has 0 radical (unpaired) electrons. The second kappa shape index (κ2) is 14.3. The lowest BCUT2D eigenvalue weighted by molar-refractivity contribution is -0.116. The Morgan fingerprint density at radius 1 is 0.957 bits per heavy atom. The molecule has 2 unspecified atom stereocenters. The first kappa shape index (κ1) is 32.9. The Balaban J connectivity index is 1.70. The number of nitrogens with one attached hydrogen (secondary N) is 2. The van der Waals surface area contributed by atoms with Crippen LogP contribution >= 0.6 is 0 Å². The number of carbonyl (C=O) groups excluding carboxylic acids is 2. The number of allylic oxidation sites excluding steroid dienone is 1. The number of hydrogen-bond acceptors (Lipinski definition) is 7. The monoisotopic (exact) mass is 626 g/mol. The second-order valence-electron chi connectivity index (χ2n) is 12.4. The van der Waals surface area contributed by atoms with E-state index in [4.69, 9.17) is 14.2 Å². The SMILES string of the molecule is COCCNC(=O)N1c2ccccc2NC2=C(C(=O)CC(c3ccc(OC)cc3)C2)C1c1ccc(N(C(C)C)C(C)C)cc1OC. The van der Waals surface area contributed by atoms with Gasteiger partial charge in [0.1, 0.15) is 11.5 Å². The van der Waals surface area contributed by atoms with Gasteiger partial charge in [0.05, 0.1) is 38.2 Å². The maximum absolute atomic E-state index is 14.5. The lowest BCUT2D eigenvalue weighted by Gasteiger charge is -2.37. The highest BCUT2D eigenvalue weighted by atomic mass is 16.5. The largest absolute Gasteiger partial charge is 0.497 e. The molecule has 1 aliphatic heterocycles. The molecular formula is C37H46N4O5. The van der Waals surface area contributed by atoms with Crippen molar-refractivity contribution in [3.05, 3.63) is 89.1 Å². The summed E-state index contributed by atoms with van der Waals surface area (Å²) in [4.78, 5) is 32.7. The van der Waals surface area contributed by atoms with Crippen molar-refractivity contribution in [2.75, 3.05) is 49.6 Å². The number of anilines is 3. The lowest BCUT2D eigenvalue weighted by atomic mass is 9.78. The average Bonchev–Trinajstić information content (AvgIpc) is 3.19. The van der Waals surface area contributed by atoms with Crippen molar-refractivity contribution in [2.24, 2.45) is 0 Å². The van der Waals surface area contributed by atoms with E-state index in [1.807, 2.05) is 60.7 Å². The summed E-state index contributed by atoms with van der Waals surface area (Å²) in [5, 5.41) is 6.62. The van der Waals surface area contributed by atoms with E-state index in [1.54, 1.807) is 26.2 Å². The number of rotatable bonds is 10. The van der Waals surface area contributed by atoms with E-state index >= 15 is 0 Å². The number of fused-ring (bicyclic) bond motifs is 1. The fraction of sp³-hybridized carbons (Fsp3) is 0.405. The third-order valence-corrected chi connectivity index (χ3v) is 8.80. The molecule has 3 aromatic rings. The zero-order valence-electron chi connectivity index (χ0n) is 27.9. The van der Waals surface area contributed by atoms with E-state index < -0.39 is 6.04 Å². The molecule has 5 rings (SSSR count). The van der Waals surface area contributed by atoms with Crippen LogP contribution in [0.2, 0.25) is 0 Å². The number of methoxy groups -OCH3 is 3. The number of para-hydroxylation sites is 2. The second-order valence-corrected chi connectivity index (χ2v) is 12.4. The predicted molar refractivity (Wildman–Crippen MR) is 183 cm³/mol. The molecule has 0 spiro atoms. The van der Waals surface area contributed by atoms with E-state index in [-0.39, 0.29) is 29.8 Å². The van der Waals surface area contributed by atoms with Crippen molar-refractivity contribution in [3.8, 4) is 11.5 Å². The van der Waals surface area contributed by atoms with Crippen LogP contribution in [0.1, 0.15) is 63.6 Å². The number of ether oxygens (including phenoxy) is 3. The van der Waals surface area contributed by atoms with Crippen LogP contribution in [-0.4, -0.2) is 58.4 Å². The number of Topliss-reactive ketones (excluding diaryl/α,β-unsaturated/α-hetero) is 1. The summed E-state index contributed by atoms with van der Waals surface area (Å²) in [6.07, 6.45) is 0.917. The summed E-state index contributed by atoms with van der Waals surface area (Å²) in [5.74, 6) is 1.33. The molecule has 2 atom stereocenters. The van der Waals surface area contributed by atoms with Gasteiger partial charge < -0.3 is 29.7 Å². The molecule has 244 valence electrons. The van der Waals surface area contributed by atoms with Crippen LogP contribution in [0.3, 0.4) is 0 Å². The van der Waals surface area contributed by atoms with Crippen molar-refractivity contribution >= 4 is 28.9 Å². The molecule has 46 heavy (non-hydrogen) atoms. The quantitative estimate of drug-likeness (QED) is 0.233. The third-order valence-electron chi connectivity index (χ3n) is 8.80. The Bertz CT molecular complexity index is 1570. The predicted octanol–water partition coefficient (Wildman–Crippen LogP) is 7.06. The standard InChI is InChI=1S/C37H46N4O5/c1-23(2)40(24(3)4)27-14-17-29(34(22-27)46-7)36-35-31(20-26(21-33(35)42)25-12-15-28(45-6)16-13-25)39-30-10-8-9-11-32(30)41(36)37(43)38-18-19-44-5/h8-17,22-24,26,36,39H,18-21H2,1-7H3,(H,38,43). The van der Waals surface area contributed by atoms with Gasteiger partial charge in [0.2, 0.25) is 0 Å². The van der Waals surface area contributed by atoms with Gasteiger partial charge in [-0.3, -0.25) is 9.69 Å². The van der Waals surface area contributed by atoms with Crippen molar-refractivity contribution in [1.82, 2.24) is 5.32 Å². The van der Waals surface area contributed by atoms with Crippen LogP contribution in [0, 0.1) is 0 Å². The molecular weight excluding hydrogens is 580 g/mol. The molecule has 9 heteroatoms. The fourth-order valence-electron chi connectivity index (χ4n) is 6.84. The smallest absolute Gasteiger partial charge is 0.322 e. The number of urea groups is 1. The molecule has 0 fully saturated rings. The minimum absolute atomic E-state index is 0.0146. The molecule has 3 aromatic carbocycles. The number of ketones is 1. The van der Waals surface area contributed by atoms with Gasteiger partial charge in [0.25, 0.3) is 0 Å². The minimum Gasteiger partial charge on any atom is -0.497 e. The van der Waals surface area contributed by atoms with Crippen molar-refractivity contribution in [1.29, 1.82) is 0 Å². The Hall–Kier alpha value is -4.50. The number of amides is 2. The van der Waals surface area contributed by atoms with Crippen LogP contribution in [0.5, 0.6) is 11.5 Å². The minimum atomic E-state index is -0.742. The average molecular weight is 627 g/mol. The van der Waals surface area contributed by atoms with Gasteiger partial charge in [0.15, 0.2) is 5.78 Å². The van der Waals surface area contributed by atoms with E-state index in [0.29, 0.717) is 43.0 Å². The van der Waals surface area contributed by atoms with E-state index in [2.05, 4.69) is 49.3 Å². The first-order chi connectivity index (χ1) is 22.2. The van der Waals surface area contributed by atoms with Gasteiger partial charge >= 0.3 is 6.03 Å². The highest BCUT2D eigenvalue weighted by molar-refractivity contribution is 6.06. The summed E-state index contributed by atoms with van der Waals surface area (Å²) >= 11 is 0. The number of hydrogen-bond donors (Lipinski definition) is 2. The zero-order valence-corrected chi connectivity index (χ0v) is 27.9. The molecule has 1 aliphatic carbocycles. The first-order valence-electron chi connectivity index (χ1n) is 16.0. The van der Waals surface area contributed by atoms with Crippen LogP contribution in [0.25, 0.3) is 0 Å². The summed E-state index contributed by atoms with van der Waals surface area (Å²) in [6.45, 7) is 9.34. The number of carbonyl (C=O) groups is 2.